The summed E-state index contributed by atoms with van der Waals surface area (Å²) >= 11 is -2.03. The van der Waals surface area contributed by atoms with E-state index >= 15 is 0 Å². The Morgan fingerprint density at radius 2 is 1.18 bits per heavy atom. The van der Waals surface area contributed by atoms with E-state index in [2.05, 4.69) is 41.5 Å². The predicted molar refractivity (Wildman–Crippen MR) is 106 cm³/mol. The van der Waals surface area contributed by atoms with Crippen LogP contribution in [0.5, 0.6) is 0 Å². The summed E-state index contributed by atoms with van der Waals surface area (Å²) < 4.78 is 6.74. The normalized spacial score (nSPS) is 12.5. The number of rotatable bonds is 15. The summed E-state index contributed by atoms with van der Waals surface area (Å²) in [5.41, 5.74) is 0.163. The molecule has 2 radical (unpaired) electrons. The van der Waals surface area contributed by atoms with Crippen molar-refractivity contribution in [2.24, 2.45) is 0 Å². The zero-order valence-electron chi connectivity index (χ0n) is 16.4. The zero-order chi connectivity index (χ0) is 16.8. The van der Waals surface area contributed by atoms with Gasteiger partial charge in [0.15, 0.2) is 0 Å². The first-order chi connectivity index (χ1) is 10.5. The molecule has 22 heavy (non-hydrogen) atoms. The molecule has 0 fully saturated rings. The topological polar surface area (TPSA) is 9.23 Å². The van der Waals surface area contributed by atoms with Crippen LogP contribution in [0.4, 0.5) is 0 Å². The summed E-state index contributed by atoms with van der Waals surface area (Å²) in [5.74, 6) is 0. The van der Waals surface area contributed by atoms with Crippen LogP contribution in [-0.2, 0) is 3.76 Å². The van der Waals surface area contributed by atoms with Gasteiger partial charge in [0.25, 0.3) is 0 Å². The molecule has 0 N–H and O–H groups in total. The molecule has 0 aliphatic heterocycles. The molecule has 0 aromatic rings. The SMILES string of the molecule is CCC[CH2][Ge]([CH2]CCC)[O]C(C)(C)C[CH2][Ge]([CH2]CC)[CH2]CC. The Morgan fingerprint density at radius 3 is 1.59 bits per heavy atom. The molecule has 0 amide bonds. The van der Waals surface area contributed by atoms with Crippen LogP contribution in [0.2, 0.25) is 26.3 Å². The van der Waals surface area contributed by atoms with Crippen molar-refractivity contribution in [1.29, 1.82) is 0 Å². The van der Waals surface area contributed by atoms with E-state index in [4.69, 9.17) is 3.76 Å². The number of hydrogen-bond donors (Lipinski definition) is 0. The van der Waals surface area contributed by atoms with E-state index in [0.717, 1.165) is 0 Å². The molecule has 0 spiro atoms. The van der Waals surface area contributed by atoms with Crippen molar-refractivity contribution in [2.75, 3.05) is 0 Å². The quantitative estimate of drug-likeness (QED) is 0.252. The van der Waals surface area contributed by atoms with Gasteiger partial charge in [-0.3, -0.25) is 0 Å². The molecule has 0 atom stereocenters. The molecule has 0 rings (SSSR count). The van der Waals surface area contributed by atoms with E-state index in [1.165, 1.54) is 60.7 Å². The van der Waals surface area contributed by atoms with Gasteiger partial charge in [-0.05, 0) is 0 Å². The van der Waals surface area contributed by atoms with Gasteiger partial charge in [0.2, 0.25) is 0 Å². The molecule has 1 nitrogen and oxygen atoms in total. The summed E-state index contributed by atoms with van der Waals surface area (Å²) in [6, 6.07) is 0. The number of unbranched alkanes of at least 4 members (excludes halogenated alkanes) is 2. The summed E-state index contributed by atoms with van der Waals surface area (Å²) in [6.07, 6.45) is 9.58. The Balaban J connectivity index is 4.34. The summed E-state index contributed by atoms with van der Waals surface area (Å²) in [6.45, 7) is 14.1. The minimum atomic E-state index is -1.26. The van der Waals surface area contributed by atoms with E-state index in [-0.39, 0.29) is 5.60 Å². The van der Waals surface area contributed by atoms with E-state index in [1.54, 1.807) is 10.5 Å². The molecule has 0 saturated carbocycles. The third kappa shape index (κ3) is 12.5. The van der Waals surface area contributed by atoms with Crippen LogP contribution in [0.1, 0.15) is 86.5 Å². The van der Waals surface area contributed by atoms with E-state index in [9.17, 15) is 0 Å². The van der Waals surface area contributed by atoms with Gasteiger partial charge in [-0.15, -0.1) is 0 Å². The van der Waals surface area contributed by atoms with Crippen molar-refractivity contribution in [1.82, 2.24) is 0 Å². The van der Waals surface area contributed by atoms with Crippen LogP contribution in [0.25, 0.3) is 0 Å². The third-order valence-corrected chi connectivity index (χ3v) is 17.0. The van der Waals surface area contributed by atoms with Crippen molar-refractivity contribution in [3.63, 3.8) is 0 Å². The second kappa shape index (κ2) is 14.4. The fourth-order valence-electron chi connectivity index (χ4n) is 2.98. The third-order valence-electron chi connectivity index (χ3n) is 4.33. The Bertz CT molecular complexity index is 230. The fraction of sp³-hybridized carbons (Fsp3) is 1.00. The average Bonchev–Trinajstić information content (AvgIpc) is 2.48. The second-order valence-electron chi connectivity index (χ2n) is 7.36. The van der Waals surface area contributed by atoms with E-state index in [1.807, 2.05) is 0 Å². The molecule has 0 aromatic carbocycles. The maximum absolute atomic E-state index is 6.74. The summed E-state index contributed by atoms with van der Waals surface area (Å²) in [7, 11) is 0. The van der Waals surface area contributed by atoms with Gasteiger partial charge in [0.1, 0.15) is 0 Å². The van der Waals surface area contributed by atoms with Crippen molar-refractivity contribution in [3.8, 4) is 0 Å². The predicted octanol–water partition coefficient (Wildman–Crippen LogP) is 7.08. The number of hydrogen-bond acceptors (Lipinski definition) is 1. The van der Waals surface area contributed by atoms with Crippen molar-refractivity contribution in [3.05, 3.63) is 0 Å². The van der Waals surface area contributed by atoms with Crippen LogP contribution < -0.4 is 0 Å². The van der Waals surface area contributed by atoms with Gasteiger partial charge in [-0.25, -0.2) is 0 Å². The maximum atomic E-state index is 6.74. The van der Waals surface area contributed by atoms with Gasteiger partial charge >= 0.3 is 151 Å². The Hall–Kier alpha value is 1.05. The standard InChI is InChI=1S/C19H42Ge2O/c1-7-11-16-21(17-12-8-2)22-19(5,6)13-18-20(14-9-3)15-10-4/h7-18H2,1-6H3. The van der Waals surface area contributed by atoms with Crippen LogP contribution >= 0.6 is 0 Å². The Labute approximate surface area is 150 Å². The molecular formula is C19H42Ge2O. The summed E-state index contributed by atoms with van der Waals surface area (Å²) in [5, 5.41) is 7.51. The molecule has 0 heterocycles. The van der Waals surface area contributed by atoms with Crippen molar-refractivity contribution >= 4 is 29.0 Å². The minimum absolute atomic E-state index is 0.163. The zero-order valence-corrected chi connectivity index (χ0v) is 20.6. The van der Waals surface area contributed by atoms with Gasteiger partial charge in [0.05, 0.1) is 0 Å². The monoisotopic (exact) mass is 434 g/mol. The molecular weight excluding hydrogens is 389 g/mol. The molecule has 0 bridgehead atoms. The molecule has 132 valence electrons. The van der Waals surface area contributed by atoms with Crippen LogP contribution in [0.3, 0.4) is 0 Å². The second-order valence-corrected chi connectivity index (χ2v) is 18.4. The van der Waals surface area contributed by atoms with Gasteiger partial charge in [-0.2, -0.15) is 0 Å². The summed E-state index contributed by atoms with van der Waals surface area (Å²) in [4.78, 5) is 0. The Kier molecular flexibility index (Phi) is 15.1. The molecule has 3 heteroatoms. The van der Waals surface area contributed by atoms with Crippen molar-refractivity contribution < 1.29 is 3.76 Å². The Morgan fingerprint density at radius 1 is 0.682 bits per heavy atom. The molecule has 0 unspecified atom stereocenters. The van der Waals surface area contributed by atoms with Crippen LogP contribution in [-0.4, -0.2) is 34.6 Å². The van der Waals surface area contributed by atoms with Crippen molar-refractivity contribution in [2.45, 2.75) is 118 Å². The molecule has 0 aliphatic rings. The first-order valence-electron chi connectivity index (χ1n) is 9.86. The first-order valence-corrected chi connectivity index (χ1v) is 18.1. The fourth-order valence-corrected chi connectivity index (χ4v) is 15.5. The molecule has 0 aliphatic carbocycles. The van der Waals surface area contributed by atoms with E-state index in [0.29, 0.717) is 0 Å². The van der Waals surface area contributed by atoms with Crippen LogP contribution in [0, 0.1) is 0 Å². The van der Waals surface area contributed by atoms with Crippen LogP contribution in [0.15, 0.2) is 0 Å². The molecule has 0 aromatic heterocycles. The van der Waals surface area contributed by atoms with Gasteiger partial charge in [-0.1, -0.05) is 0 Å². The first kappa shape index (κ1) is 23.0. The van der Waals surface area contributed by atoms with Gasteiger partial charge < -0.3 is 0 Å². The van der Waals surface area contributed by atoms with E-state index < -0.39 is 29.0 Å². The molecule has 0 saturated heterocycles. The van der Waals surface area contributed by atoms with Gasteiger partial charge in [0, 0.05) is 0 Å². The average molecular weight is 432 g/mol.